The van der Waals surface area contributed by atoms with Crippen LogP contribution in [0.5, 0.6) is 0 Å². The minimum Gasteiger partial charge on any atom is -0.409 e. The first kappa shape index (κ1) is 13.9. The molecule has 1 atom stereocenters. The van der Waals surface area contributed by atoms with Gasteiger partial charge < -0.3 is 21.0 Å². The van der Waals surface area contributed by atoms with Gasteiger partial charge in [0.25, 0.3) is 0 Å². The summed E-state index contributed by atoms with van der Waals surface area (Å²) < 4.78 is 5.30. The van der Waals surface area contributed by atoms with E-state index in [-0.39, 0.29) is 11.8 Å². The van der Waals surface area contributed by atoms with Crippen molar-refractivity contribution in [2.24, 2.45) is 16.8 Å². The number of hydrogen-bond donors (Lipinski definition) is 3. The van der Waals surface area contributed by atoms with Crippen molar-refractivity contribution in [3.8, 4) is 0 Å². The van der Waals surface area contributed by atoms with Gasteiger partial charge in [0.2, 0.25) is 0 Å². The van der Waals surface area contributed by atoms with Crippen molar-refractivity contribution in [2.45, 2.75) is 13.3 Å². The predicted molar refractivity (Wildman–Crippen MR) is 61.1 cm³/mol. The summed E-state index contributed by atoms with van der Waals surface area (Å²) in [5, 5.41) is 14.5. The van der Waals surface area contributed by atoms with Crippen LogP contribution in [-0.2, 0) is 4.74 Å². The lowest BCUT2D eigenvalue weighted by Gasteiger charge is -2.10. The van der Waals surface area contributed by atoms with Crippen molar-refractivity contribution in [3.05, 3.63) is 12.7 Å². The highest BCUT2D eigenvalue weighted by molar-refractivity contribution is 5.82. The second-order valence-corrected chi connectivity index (χ2v) is 3.32. The standard InChI is InChI=1S/C10H21N3O2/c1-3-4-6-15-7-5-12-8-9(2)10(11)13-14/h3,9,12,14H,1,4-8H2,2H3,(H2,11,13). The van der Waals surface area contributed by atoms with Crippen LogP contribution >= 0.6 is 0 Å². The Bertz CT molecular complexity index is 195. The molecule has 0 aliphatic heterocycles. The topological polar surface area (TPSA) is 79.9 Å². The molecule has 0 rings (SSSR count). The first-order valence-corrected chi connectivity index (χ1v) is 5.09. The third-order valence-electron chi connectivity index (χ3n) is 1.96. The minimum absolute atomic E-state index is 0.0307. The summed E-state index contributed by atoms with van der Waals surface area (Å²) in [5.41, 5.74) is 5.41. The van der Waals surface area contributed by atoms with Crippen molar-refractivity contribution in [3.63, 3.8) is 0 Å². The summed E-state index contributed by atoms with van der Waals surface area (Å²) in [6.45, 7) is 8.31. The minimum atomic E-state index is 0.0307. The number of oxime groups is 1. The highest BCUT2D eigenvalue weighted by Gasteiger charge is 2.05. The zero-order chi connectivity index (χ0) is 11.5. The summed E-state index contributed by atoms with van der Waals surface area (Å²) in [4.78, 5) is 0. The number of hydrogen-bond acceptors (Lipinski definition) is 4. The molecular weight excluding hydrogens is 194 g/mol. The average molecular weight is 215 g/mol. The second kappa shape index (κ2) is 9.48. The van der Waals surface area contributed by atoms with Crippen LogP contribution in [-0.4, -0.2) is 37.3 Å². The quantitative estimate of drug-likeness (QED) is 0.131. The fourth-order valence-electron chi connectivity index (χ4n) is 0.935. The van der Waals surface area contributed by atoms with Gasteiger partial charge in [-0.3, -0.25) is 0 Å². The number of rotatable bonds is 9. The number of nitrogens with two attached hydrogens (primary N) is 1. The van der Waals surface area contributed by atoms with E-state index in [0.717, 1.165) is 13.0 Å². The van der Waals surface area contributed by atoms with Gasteiger partial charge in [-0.15, -0.1) is 6.58 Å². The van der Waals surface area contributed by atoms with Crippen LogP contribution < -0.4 is 11.1 Å². The Morgan fingerprint density at radius 1 is 1.67 bits per heavy atom. The van der Waals surface area contributed by atoms with Crippen molar-refractivity contribution in [1.29, 1.82) is 0 Å². The maximum absolute atomic E-state index is 8.41. The molecule has 5 heteroatoms. The molecule has 0 aromatic carbocycles. The molecule has 5 nitrogen and oxygen atoms in total. The molecule has 15 heavy (non-hydrogen) atoms. The van der Waals surface area contributed by atoms with Gasteiger partial charge in [-0.05, 0) is 6.42 Å². The Morgan fingerprint density at radius 2 is 2.40 bits per heavy atom. The summed E-state index contributed by atoms with van der Waals surface area (Å²) in [5.74, 6) is 0.276. The molecule has 0 heterocycles. The van der Waals surface area contributed by atoms with Gasteiger partial charge in [0.1, 0.15) is 5.84 Å². The molecule has 0 aromatic heterocycles. The lowest BCUT2D eigenvalue weighted by Crippen LogP contribution is -2.32. The van der Waals surface area contributed by atoms with Crippen LogP contribution in [0.2, 0.25) is 0 Å². The number of nitrogens with zero attached hydrogens (tertiary/aromatic N) is 1. The third-order valence-corrected chi connectivity index (χ3v) is 1.96. The Balaban J connectivity index is 3.27. The summed E-state index contributed by atoms with van der Waals surface area (Å²) in [6, 6.07) is 0. The molecule has 1 unspecified atom stereocenters. The Kier molecular flexibility index (Phi) is 8.81. The van der Waals surface area contributed by atoms with Crippen LogP contribution in [0.1, 0.15) is 13.3 Å². The fourth-order valence-corrected chi connectivity index (χ4v) is 0.935. The smallest absolute Gasteiger partial charge is 0.143 e. The van der Waals surface area contributed by atoms with Gasteiger partial charge in [-0.25, -0.2) is 0 Å². The third kappa shape index (κ3) is 7.96. The lowest BCUT2D eigenvalue weighted by atomic mass is 10.1. The largest absolute Gasteiger partial charge is 0.409 e. The van der Waals surface area contributed by atoms with Gasteiger partial charge in [0.05, 0.1) is 13.2 Å². The maximum Gasteiger partial charge on any atom is 0.143 e. The summed E-state index contributed by atoms with van der Waals surface area (Å²) in [7, 11) is 0. The normalized spacial score (nSPS) is 13.8. The van der Waals surface area contributed by atoms with Gasteiger partial charge in [0.15, 0.2) is 0 Å². The summed E-state index contributed by atoms with van der Waals surface area (Å²) >= 11 is 0. The SMILES string of the molecule is C=CCCOCCNCC(C)/C(N)=N/O. The first-order valence-electron chi connectivity index (χ1n) is 5.09. The molecular formula is C10H21N3O2. The van der Waals surface area contributed by atoms with E-state index in [2.05, 4.69) is 17.1 Å². The molecule has 0 aliphatic rings. The van der Waals surface area contributed by atoms with Crippen LogP contribution in [0.4, 0.5) is 0 Å². The highest BCUT2D eigenvalue weighted by Crippen LogP contribution is 1.91. The fraction of sp³-hybridized carbons (Fsp3) is 0.700. The average Bonchev–Trinajstić information content (AvgIpc) is 2.26. The van der Waals surface area contributed by atoms with Crippen molar-refractivity contribution < 1.29 is 9.94 Å². The zero-order valence-corrected chi connectivity index (χ0v) is 9.28. The molecule has 0 spiro atoms. The molecule has 0 aromatic rings. The van der Waals surface area contributed by atoms with E-state index < -0.39 is 0 Å². The monoisotopic (exact) mass is 215 g/mol. The molecule has 0 aliphatic carbocycles. The van der Waals surface area contributed by atoms with E-state index in [9.17, 15) is 0 Å². The van der Waals surface area contributed by atoms with E-state index in [1.807, 2.05) is 13.0 Å². The summed E-state index contributed by atoms with van der Waals surface area (Å²) in [6.07, 6.45) is 2.70. The molecule has 0 saturated heterocycles. The Morgan fingerprint density at radius 3 is 3.00 bits per heavy atom. The predicted octanol–water partition coefficient (Wildman–Crippen LogP) is 0.551. The number of nitrogens with one attached hydrogen (secondary N) is 1. The first-order chi connectivity index (χ1) is 7.22. The van der Waals surface area contributed by atoms with E-state index in [1.54, 1.807) is 0 Å². The molecule has 0 radical (unpaired) electrons. The highest BCUT2D eigenvalue weighted by atomic mass is 16.5. The Labute approximate surface area is 91.0 Å². The number of amidine groups is 1. The van der Waals surface area contributed by atoms with E-state index in [0.29, 0.717) is 19.8 Å². The number of ether oxygens (including phenoxy) is 1. The van der Waals surface area contributed by atoms with Crippen molar-refractivity contribution in [2.75, 3.05) is 26.3 Å². The Hall–Kier alpha value is -1.07. The molecule has 0 amide bonds. The van der Waals surface area contributed by atoms with E-state index >= 15 is 0 Å². The van der Waals surface area contributed by atoms with E-state index in [1.165, 1.54) is 0 Å². The van der Waals surface area contributed by atoms with Gasteiger partial charge >= 0.3 is 0 Å². The molecule has 0 fully saturated rings. The maximum atomic E-state index is 8.41. The van der Waals surface area contributed by atoms with Gasteiger partial charge in [-0.2, -0.15) is 0 Å². The molecule has 0 saturated carbocycles. The van der Waals surface area contributed by atoms with Crippen molar-refractivity contribution in [1.82, 2.24) is 5.32 Å². The van der Waals surface area contributed by atoms with E-state index in [4.69, 9.17) is 15.7 Å². The van der Waals surface area contributed by atoms with Gasteiger partial charge in [-0.1, -0.05) is 18.2 Å². The second-order valence-electron chi connectivity index (χ2n) is 3.32. The van der Waals surface area contributed by atoms with Crippen LogP contribution in [0.25, 0.3) is 0 Å². The lowest BCUT2D eigenvalue weighted by molar-refractivity contribution is 0.140. The molecule has 0 bridgehead atoms. The van der Waals surface area contributed by atoms with Crippen LogP contribution in [0, 0.1) is 5.92 Å². The van der Waals surface area contributed by atoms with Gasteiger partial charge in [0, 0.05) is 19.0 Å². The van der Waals surface area contributed by atoms with Crippen molar-refractivity contribution >= 4 is 5.84 Å². The molecule has 88 valence electrons. The zero-order valence-electron chi connectivity index (χ0n) is 9.28. The van der Waals surface area contributed by atoms with Crippen LogP contribution in [0.3, 0.4) is 0 Å². The molecule has 4 N–H and O–H groups in total. The van der Waals surface area contributed by atoms with Crippen LogP contribution in [0.15, 0.2) is 17.8 Å².